The third-order valence-corrected chi connectivity index (χ3v) is 2.34. The van der Waals surface area contributed by atoms with E-state index < -0.39 is 0 Å². The van der Waals surface area contributed by atoms with Gasteiger partial charge < -0.3 is 15.2 Å². The summed E-state index contributed by atoms with van der Waals surface area (Å²) < 4.78 is 11.1. The first kappa shape index (κ1) is 11.0. The van der Waals surface area contributed by atoms with Gasteiger partial charge in [0.15, 0.2) is 0 Å². The molecule has 0 aromatic carbocycles. The molecule has 1 heterocycles. The standard InChI is InChI=1S/C10H21NO2/c1-10(2)6-9(8-13-10)7-12-5-3-4-11/h9H,3-8,11H2,1-2H3. The van der Waals surface area contributed by atoms with Gasteiger partial charge in [0.05, 0.1) is 18.8 Å². The first-order valence-electron chi connectivity index (χ1n) is 5.06. The fourth-order valence-corrected chi connectivity index (χ4v) is 1.70. The van der Waals surface area contributed by atoms with E-state index >= 15 is 0 Å². The van der Waals surface area contributed by atoms with E-state index in [2.05, 4.69) is 13.8 Å². The molecule has 1 atom stereocenters. The van der Waals surface area contributed by atoms with Gasteiger partial charge >= 0.3 is 0 Å². The van der Waals surface area contributed by atoms with Crippen molar-refractivity contribution in [1.82, 2.24) is 0 Å². The Morgan fingerprint density at radius 1 is 1.54 bits per heavy atom. The Labute approximate surface area is 80.6 Å². The minimum atomic E-state index is 0.0574. The molecule has 0 aliphatic carbocycles. The lowest BCUT2D eigenvalue weighted by molar-refractivity contribution is 0.0312. The molecule has 0 amide bonds. The molecular weight excluding hydrogens is 166 g/mol. The van der Waals surface area contributed by atoms with E-state index in [0.717, 1.165) is 32.7 Å². The highest BCUT2D eigenvalue weighted by Gasteiger charge is 2.31. The van der Waals surface area contributed by atoms with Crippen LogP contribution in [0.2, 0.25) is 0 Å². The molecule has 1 aliphatic heterocycles. The van der Waals surface area contributed by atoms with E-state index in [1.165, 1.54) is 0 Å². The van der Waals surface area contributed by atoms with Crippen LogP contribution in [0.1, 0.15) is 26.7 Å². The highest BCUT2D eigenvalue weighted by Crippen LogP contribution is 2.28. The molecule has 0 aromatic rings. The summed E-state index contributed by atoms with van der Waals surface area (Å²) >= 11 is 0. The summed E-state index contributed by atoms with van der Waals surface area (Å²) in [6.07, 6.45) is 2.06. The summed E-state index contributed by atoms with van der Waals surface area (Å²) in [6.45, 7) is 7.43. The maximum absolute atomic E-state index is 5.61. The highest BCUT2D eigenvalue weighted by molar-refractivity contribution is 4.80. The van der Waals surface area contributed by atoms with Gasteiger partial charge in [0.1, 0.15) is 0 Å². The molecule has 3 nitrogen and oxygen atoms in total. The zero-order valence-corrected chi connectivity index (χ0v) is 8.71. The lowest BCUT2D eigenvalue weighted by Gasteiger charge is -2.15. The molecule has 0 saturated carbocycles. The maximum Gasteiger partial charge on any atom is 0.0631 e. The Hall–Kier alpha value is -0.120. The minimum Gasteiger partial charge on any atom is -0.381 e. The third kappa shape index (κ3) is 4.07. The average Bonchev–Trinajstić information content (AvgIpc) is 2.40. The molecule has 0 radical (unpaired) electrons. The first-order chi connectivity index (χ1) is 6.14. The van der Waals surface area contributed by atoms with E-state index in [1.807, 2.05) is 0 Å². The van der Waals surface area contributed by atoms with Crippen LogP contribution in [0.4, 0.5) is 0 Å². The largest absolute Gasteiger partial charge is 0.381 e. The van der Waals surface area contributed by atoms with Crippen LogP contribution in [0.25, 0.3) is 0 Å². The van der Waals surface area contributed by atoms with Crippen molar-refractivity contribution in [2.24, 2.45) is 11.7 Å². The van der Waals surface area contributed by atoms with E-state index in [0.29, 0.717) is 12.5 Å². The van der Waals surface area contributed by atoms with Crippen LogP contribution in [0.15, 0.2) is 0 Å². The Morgan fingerprint density at radius 2 is 2.31 bits per heavy atom. The normalized spacial score (nSPS) is 26.5. The van der Waals surface area contributed by atoms with Crippen LogP contribution in [-0.2, 0) is 9.47 Å². The monoisotopic (exact) mass is 187 g/mol. The molecule has 1 aliphatic rings. The molecule has 1 rings (SSSR count). The fourth-order valence-electron chi connectivity index (χ4n) is 1.70. The molecule has 1 unspecified atom stereocenters. The van der Waals surface area contributed by atoms with Crippen molar-refractivity contribution in [1.29, 1.82) is 0 Å². The first-order valence-corrected chi connectivity index (χ1v) is 5.06. The molecule has 78 valence electrons. The molecule has 0 spiro atoms. The van der Waals surface area contributed by atoms with E-state index in [4.69, 9.17) is 15.2 Å². The molecule has 0 aromatic heterocycles. The summed E-state index contributed by atoms with van der Waals surface area (Å²) in [5.74, 6) is 0.577. The summed E-state index contributed by atoms with van der Waals surface area (Å²) in [5.41, 5.74) is 5.42. The average molecular weight is 187 g/mol. The van der Waals surface area contributed by atoms with Crippen LogP contribution < -0.4 is 5.73 Å². The Balaban J connectivity index is 2.04. The van der Waals surface area contributed by atoms with Crippen molar-refractivity contribution >= 4 is 0 Å². The predicted octanol–water partition coefficient (Wildman–Crippen LogP) is 1.17. The van der Waals surface area contributed by atoms with Gasteiger partial charge in [0.25, 0.3) is 0 Å². The Bertz CT molecular complexity index is 148. The smallest absolute Gasteiger partial charge is 0.0631 e. The van der Waals surface area contributed by atoms with Gasteiger partial charge in [0.2, 0.25) is 0 Å². The van der Waals surface area contributed by atoms with Gasteiger partial charge in [-0.05, 0) is 33.2 Å². The van der Waals surface area contributed by atoms with Gasteiger partial charge in [0, 0.05) is 12.5 Å². The van der Waals surface area contributed by atoms with Crippen LogP contribution in [-0.4, -0.2) is 32.0 Å². The molecule has 1 fully saturated rings. The number of hydrogen-bond donors (Lipinski definition) is 1. The van der Waals surface area contributed by atoms with Crippen molar-refractivity contribution < 1.29 is 9.47 Å². The third-order valence-electron chi connectivity index (χ3n) is 2.34. The second-order valence-corrected chi connectivity index (χ2v) is 4.36. The van der Waals surface area contributed by atoms with Crippen LogP contribution in [0.5, 0.6) is 0 Å². The van der Waals surface area contributed by atoms with Crippen LogP contribution in [0, 0.1) is 5.92 Å². The van der Waals surface area contributed by atoms with Gasteiger partial charge in [-0.1, -0.05) is 0 Å². The molecule has 3 heteroatoms. The Morgan fingerprint density at radius 3 is 2.85 bits per heavy atom. The molecule has 1 saturated heterocycles. The lowest BCUT2D eigenvalue weighted by atomic mass is 9.99. The lowest BCUT2D eigenvalue weighted by Crippen LogP contribution is -2.17. The molecule has 13 heavy (non-hydrogen) atoms. The van der Waals surface area contributed by atoms with Crippen LogP contribution in [0.3, 0.4) is 0 Å². The second-order valence-electron chi connectivity index (χ2n) is 4.36. The van der Waals surface area contributed by atoms with Crippen molar-refractivity contribution in [3.63, 3.8) is 0 Å². The zero-order valence-electron chi connectivity index (χ0n) is 8.71. The summed E-state index contributed by atoms with van der Waals surface area (Å²) in [4.78, 5) is 0. The van der Waals surface area contributed by atoms with E-state index in [9.17, 15) is 0 Å². The predicted molar refractivity (Wildman–Crippen MR) is 52.6 cm³/mol. The second kappa shape index (κ2) is 4.94. The van der Waals surface area contributed by atoms with Gasteiger partial charge in [-0.15, -0.1) is 0 Å². The van der Waals surface area contributed by atoms with Gasteiger partial charge in [-0.2, -0.15) is 0 Å². The maximum atomic E-state index is 5.61. The zero-order chi connectivity index (χ0) is 9.73. The molecule has 2 N–H and O–H groups in total. The molecular formula is C10H21NO2. The van der Waals surface area contributed by atoms with Crippen molar-refractivity contribution in [3.05, 3.63) is 0 Å². The number of nitrogens with two attached hydrogens (primary N) is 1. The highest BCUT2D eigenvalue weighted by atomic mass is 16.5. The minimum absolute atomic E-state index is 0.0574. The summed E-state index contributed by atoms with van der Waals surface area (Å²) in [6, 6.07) is 0. The Kier molecular flexibility index (Phi) is 4.16. The van der Waals surface area contributed by atoms with E-state index in [-0.39, 0.29) is 5.60 Å². The SMILES string of the molecule is CC1(C)CC(COCCCN)CO1. The van der Waals surface area contributed by atoms with E-state index in [1.54, 1.807) is 0 Å². The quantitative estimate of drug-likeness (QED) is 0.657. The van der Waals surface area contributed by atoms with Crippen molar-refractivity contribution in [2.75, 3.05) is 26.4 Å². The van der Waals surface area contributed by atoms with Gasteiger partial charge in [-0.3, -0.25) is 0 Å². The fraction of sp³-hybridized carbons (Fsp3) is 1.00. The van der Waals surface area contributed by atoms with Crippen molar-refractivity contribution in [2.45, 2.75) is 32.3 Å². The number of ether oxygens (including phenoxy) is 2. The summed E-state index contributed by atoms with van der Waals surface area (Å²) in [7, 11) is 0. The number of hydrogen-bond acceptors (Lipinski definition) is 3. The van der Waals surface area contributed by atoms with Gasteiger partial charge in [-0.25, -0.2) is 0 Å². The summed E-state index contributed by atoms with van der Waals surface area (Å²) in [5, 5.41) is 0. The number of rotatable bonds is 5. The molecule has 0 bridgehead atoms. The van der Waals surface area contributed by atoms with Crippen LogP contribution >= 0.6 is 0 Å². The van der Waals surface area contributed by atoms with Crippen molar-refractivity contribution in [3.8, 4) is 0 Å². The topological polar surface area (TPSA) is 44.5 Å².